The number of nitrogens with one attached hydrogen (secondary N) is 1. The summed E-state index contributed by atoms with van der Waals surface area (Å²) in [6, 6.07) is 0. The fourth-order valence-corrected chi connectivity index (χ4v) is 2.11. The molecule has 0 saturated heterocycles. The van der Waals surface area contributed by atoms with Crippen molar-refractivity contribution in [2.45, 2.75) is 32.6 Å². The lowest BCUT2D eigenvalue weighted by atomic mass is 10.2. The van der Waals surface area contributed by atoms with Gasteiger partial charge in [0.25, 0.3) is 0 Å². The summed E-state index contributed by atoms with van der Waals surface area (Å²) in [5.74, 6) is 0.572. The van der Waals surface area contributed by atoms with Crippen LogP contribution in [-0.4, -0.2) is 18.6 Å². The fraction of sp³-hybridized carbons (Fsp3) is 0.700. The zero-order valence-electron chi connectivity index (χ0n) is 8.63. The molecule has 74 valence electrons. The maximum absolute atomic E-state index is 4.39. The Labute approximate surface area is 84.4 Å². The Morgan fingerprint density at radius 1 is 1.54 bits per heavy atom. The van der Waals surface area contributed by atoms with Crippen molar-refractivity contribution in [1.82, 2.24) is 10.3 Å². The van der Waals surface area contributed by atoms with E-state index in [1.165, 1.54) is 16.3 Å². The van der Waals surface area contributed by atoms with Gasteiger partial charge in [0.05, 0.1) is 5.01 Å². The van der Waals surface area contributed by atoms with Gasteiger partial charge in [0, 0.05) is 17.0 Å². The summed E-state index contributed by atoms with van der Waals surface area (Å²) in [4.78, 5) is 5.81. The summed E-state index contributed by atoms with van der Waals surface area (Å²) in [5, 5.41) is 4.42. The minimum Gasteiger partial charge on any atom is -0.320 e. The third-order valence-corrected chi connectivity index (χ3v) is 3.27. The zero-order valence-corrected chi connectivity index (χ0v) is 9.45. The second kappa shape index (κ2) is 5.35. The van der Waals surface area contributed by atoms with E-state index < -0.39 is 0 Å². The summed E-state index contributed by atoms with van der Waals surface area (Å²) in [5.41, 5.74) is 0. The molecular formula is C10H18N2S. The van der Waals surface area contributed by atoms with E-state index in [2.05, 4.69) is 24.1 Å². The number of aromatic nitrogens is 1. The molecule has 0 aromatic carbocycles. The van der Waals surface area contributed by atoms with Crippen molar-refractivity contribution < 1.29 is 0 Å². The predicted molar refractivity (Wildman–Crippen MR) is 58.5 cm³/mol. The maximum Gasteiger partial charge on any atom is 0.0953 e. The van der Waals surface area contributed by atoms with Crippen LogP contribution in [0.1, 0.15) is 36.1 Å². The molecule has 1 N–H and O–H groups in total. The number of aryl methyl sites for hydroxylation is 1. The van der Waals surface area contributed by atoms with Crippen molar-refractivity contribution >= 4 is 11.3 Å². The summed E-state index contributed by atoms with van der Waals surface area (Å²) in [6.07, 6.45) is 4.39. The number of hydrogen-bond donors (Lipinski definition) is 1. The van der Waals surface area contributed by atoms with Gasteiger partial charge in [0.15, 0.2) is 0 Å². The number of rotatable bonds is 5. The van der Waals surface area contributed by atoms with Crippen LogP contribution in [0, 0.1) is 0 Å². The molecule has 1 aromatic heterocycles. The molecule has 0 aliphatic carbocycles. The second-order valence-electron chi connectivity index (χ2n) is 3.53. The first kappa shape index (κ1) is 10.7. The maximum atomic E-state index is 4.39. The molecule has 0 spiro atoms. The van der Waals surface area contributed by atoms with Crippen LogP contribution in [0.4, 0.5) is 0 Å². The van der Waals surface area contributed by atoms with Crippen molar-refractivity contribution in [3.63, 3.8) is 0 Å². The number of hydrogen-bond acceptors (Lipinski definition) is 3. The van der Waals surface area contributed by atoms with Gasteiger partial charge in [-0.05, 0) is 26.4 Å². The molecular weight excluding hydrogens is 180 g/mol. The summed E-state index contributed by atoms with van der Waals surface area (Å²) in [6.45, 7) is 5.47. The van der Waals surface area contributed by atoms with Gasteiger partial charge < -0.3 is 5.32 Å². The van der Waals surface area contributed by atoms with E-state index in [1.54, 1.807) is 0 Å². The van der Waals surface area contributed by atoms with Crippen LogP contribution >= 0.6 is 11.3 Å². The molecule has 0 fully saturated rings. The molecule has 0 aliphatic rings. The van der Waals surface area contributed by atoms with E-state index in [0.29, 0.717) is 5.92 Å². The lowest BCUT2D eigenvalue weighted by Gasteiger charge is -1.97. The highest BCUT2D eigenvalue weighted by molar-refractivity contribution is 7.11. The van der Waals surface area contributed by atoms with Crippen LogP contribution in [0.5, 0.6) is 0 Å². The Balaban J connectivity index is 2.40. The van der Waals surface area contributed by atoms with E-state index in [4.69, 9.17) is 0 Å². The molecule has 0 saturated carbocycles. The topological polar surface area (TPSA) is 24.9 Å². The summed E-state index contributed by atoms with van der Waals surface area (Å²) >= 11 is 1.85. The average molecular weight is 198 g/mol. The SMILES string of the molecule is CNCCCc1cnc(C(C)C)s1. The third kappa shape index (κ3) is 3.44. The molecule has 1 heterocycles. The highest BCUT2D eigenvalue weighted by Gasteiger charge is 2.04. The Morgan fingerprint density at radius 3 is 2.85 bits per heavy atom. The molecule has 1 aromatic rings. The van der Waals surface area contributed by atoms with Crippen LogP contribution in [0.3, 0.4) is 0 Å². The normalized spacial score (nSPS) is 11.1. The van der Waals surface area contributed by atoms with E-state index >= 15 is 0 Å². The Bertz CT molecular complexity index is 243. The molecule has 0 bridgehead atoms. The van der Waals surface area contributed by atoms with Crippen molar-refractivity contribution in [3.05, 3.63) is 16.1 Å². The van der Waals surface area contributed by atoms with Crippen molar-refractivity contribution in [2.75, 3.05) is 13.6 Å². The average Bonchev–Trinajstić information content (AvgIpc) is 2.53. The standard InChI is InChI=1S/C10H18N2S/c1-8(2)10-12-7-9(13-10)5-4-6-11-3/h7-8,11H,4-6H2,1-3H3. The first-order valence-electron chi connectivity index (χ1n) is 4.83. The van der Waals surface area contributed by atoms with Crippen molar-refractivity contribution in [3.8, 4) is 0 Å². The minimum atomic E-state index is 0.572. The highest BCUT2D eigenvalue weighted by Crippen LogP contribution is 2.21. The van der Waals surface area contributed by atoms with Gasteiger partial charge in [-0.25, -0.2) is 4.98 Å². The van der Waals surface area contributed by atoms with E-state index in [-0.39, 0.29) is 0 Å². The lowest BCUT2D eigenvalue weighted by Crippen LogP contribution is -2.07. The lowest BCUT2D eigenvalue weighted by molar-refractivity contribution is 0.729. The van der Waals surface area contributed by atoms with Gasteiger partial charge >= 0.3 is 0 Å². The fourth-order valence-electron chi connectivity index (χ4n) is 1.14. The van der Waals surface area contributed by atoms with Crippen LogP contribution in [-0.2, 0) is 6.42 Å². The first-order chi connectivity index (χ1) is 6.24. The van der Waals surface area contributed by atoms with E-state index in [0.717, 1.165) is 13.0 Å². The summed E-state index contributed by atoms with van der Waals surface area (Å²) < 4.78 is 0. The molecule has 2 nitrogen and oxygen atoms in total. The van der Waals surface area contributed by atoms with Crippen LogP contribution in [0.25, 0.3) is 0 Å². The largest absolute Gasteiger partial charge is 0.320 e. The van der Waals surface area contributed by atoms with Crippen LogP contribution in [0.2, 0.25) is 0 Å². The molecule has 0 aliphatic heterocycles. The van der Waals surface area contributed by atoms with Crippen molar-refractivity contribution in [1.29, 1.82) is 0 Å². The van der Waals surface area contributed by atoms with Gasteiger partial charge in [0.1, 0.15) is 0 Å². The Hall–Kier alpha value is -0.410. The predicted octanol–water partition coefficient (Wildman–Crippen LogP) is 2.42. The first-order valence-corrected chi connectivity index (χ1v) is 5.65. The van der Waals surface area contributed by atoms with Gasteiger partial charge in [-0.2, -0.15) is 0 Å². The molecule has 0 unspecified atom stereocenters. The molecule has 0 radical (unpaired) electrons. The highest BCUT2D eigenvalue weighted by atomic mass is 32.1. The molecule has 13 heavy (non-hydrogen) atoms. The van der Waals surface area contributed by atoms with Gasteiger partial charge in [0.2, 0.25) is 0 Å². The number of nitrogens with zero attached hydrogens (tertiary/aromatic N) is 1. The zero-order chi connectivity index (χ0) is 9.68. The minimum absolute atomic E-state index is 0.572. The van der Waals surface area contributed by atoms with Crippen molar-refractivity contribution in [2.24, 2.45) is 0 Å². The van der Waals surface area contributed by atoms with E-state index in [9.17, 15) is 0 Å². The monoisotopic (exact) mass is 198 g/mol. The Morgan fingerprint density at radius 2 is 2.31 bits per heavy atom. The quantitative estimate of drug-likeness (QED) is 0.735. The Kier molecular flexibility index (Phi) is 4.39. The third-order valence-electron chi connectivity index (χ3n) is 1.92. The van der Waals surface area contributed by atoms with E-state index in [1.807, 2.05) is 24.6 Å². The smallest absolute Gasteiger partial charge is 0.0953 e. The molecule has 1 rings (SSSR count). The molecule has 3 heteroatoms. The van der Waals surface area contributed by atoms with Gasteiger partial charge in [-0.3, -0.25) is 0 Å². The van der Waals surface area contributed by atoms with Gasteiger partial charge in [-0.15, -0.1) is 11.3 Å². The van der Waals surface area contributed by atoms with Crippen LogP contribution < -0.4 is 5.32 Å². The molecule has 0 amide bonds. The number of thiazole rings is 1. The second-order valence-corrected chi connectivity index (χ2v) is 4.67. The molecule has 0 atom stereocenters. The van der Waals surface area contributed by atoms with Gasteiger partial charge in [-0.1, -0.05) is 13.8 Å². The van der Waals surface area contributed by atoms with Crippen LogP contribution in [0.15, 0.2) is 6.20 Å². The summed E-state index contributed by atoms with van der Waals surface area (Å²) in [7, 11) is 1.99.